The van der Waals surface area contributed by atoms with Gasteiger partial charge in [0, 0.05) is 30.2 Å². The lowest BCUT2D eigenvalue weighted by molar-refractivity contribution is 0.107. The van der Waals surface area contributed by atoms with Crippen LogP contribution in [0.25, 0.3) is 0 Å². The number of piperidine rings is 1. The van der Waals surface area contributed by atoms with Crippen molar-refractivity contribution in [2.45, 2.75) is 61.4 Å². The lowest BCUT2D eigenvalue weighted by Gasteiger charge is -2.45. The number of likely N-dealkylation sites (tertiary alicyclic amines) is 1. The minimum Gasteiger partial charge on any atom is -0.300 e. The normalized spacial score (nSPS) is 22.1. The molecule has 1 aliphatic carbocycles. The Balaban J connectivity index is 1.37. The van der Waals surface area contributed by atoms with Gasteiger partial charge in [-0.25, -0.2) is 8.42 Å². The molecule has 1 saturated heterocycles. The number of nitrogens with zero attached hydrogens (tertiary/aromatic N) is 2. The molecule has 3 aromatic carbocycles. The first kappa shape index (κ1) is 24.4. The number of hydrogen-bond donors (Lipinski definition) is 0. The van der Waals surface area contributed by atoms with Crippen LogP contribution in [0.5, 0.6) is 0 Å². The minimum atomic E-state index is -3.71. The van der Waals surface area contributed by atoms with E-state index >= 15 is 0 Å². The first-order valence-electron chi connectivity index (χ1n) is 12.7. The summed E-state index contributed by atoms with van der Waals surface area (Å²) in [5.41, 5.74) is 2.16. The highest BCUT2D eigenvalue weighted by Crippen LogP contribution is 2.38. The van der Waals surface area contributed by atoms with Gasteiger partial charge in [0.25, 0.3) is 10.0 Å². The molecule has 4 nitrogen and oxygen atoms in total. The van der Waals surface area contributed by atoms with E-state index < -0.39 is 10.0 Å². The summed E-state index contributed by atoms with van der Waals surface area (Å²) in [4.78, 5) is 2.91. The fourth-order valence-corrected chi connectivity index (χ4v) is 7.77. The van der Waals surface area contributed by atoms with Crippen molar-refractivity contribution in [3.05, 3.63) is 95.5 Å². The van der Waals surface area contributed by atoms with Crippen LogP contribution in [-0.2, 0) is 10.0 Å². The van der Waals surface area contributed by atoms with E-state index in [9.17, 15) is 8.42 Å². The maximum absolute atomic E-state index is 13.8. The van der Waals surface area contributed by atoms with E-state index in [1.54, 1.807) is 28.6 Å². The molecule has 2 unspecified atom stereocenters. The highest BCUT2D eigenvalue weighted by molar-refractivity contribution is 7.92. The molecule has 2 atom stereocenters. The molecule has 2 fully saturated rings. The van der Waals surface area contributed by atoms with Gasteiger partial charge in [0.1, 0.15) is 0 Å². The average Bonchev–Trinajstić information content (AvgIpc) is 2.90. The molecule has 1 saturated carbocycles. The molecule has 0 amide bonds. The zero-order valence-electron chi connectivity index (χ0n) is 20.0. The van der Waals surface area contributed by atoms with Gasteiger partial charge < -0.3 is 0 Å². The van der Waals surface area contributed by atoms with Crippen molar-refractivity contribution in [3.63, 3.8) is 0 Å². The Bertz CT molecular complexity index is 1190. The van der Waals surface area contributed by atoms with E-state index in [1.807, 2.05) is 30.3 Å². The number of para-hydroxylation sites is 1. The molecule has 0 radical (unpaired) electrons. The summed E-state index contributed by atoms with van der Waals surface area (Å²) in [6.07, 6.45) is 6.65. The minimum absolute atomic E-state index is 0.0758. The highest BCUT2D eigenvalue weighted by atomic mass is 35.5. The van der Waals surface area contributed by atoms with E-state index in [1.165, 1.54) is 31.2 Å². The standard InChI is InChI=1S/C29H33ClN2O2S/c30-24-15-17-27(18-16-24)35(33,34)32(25-11-5-2-6-12-25)26-19-21-31(22-20-26)29-14-8-7-13-28(29)23-9-3-1-4-10-23/h1-6,9-12,15-18,26,28-29H,7-8,13-14,19-22H2. The van der Waals surface area contributed by atoms with Crippen LogP contribution in [0, 0.1) is 0 Å². The summed E-state index contributed by atoms with van der Waals surface area (Å²) in [6, 6.07) is 27.4. The fraction of sp³-hybridized carbons (Fsp3) is 0.379. The van der Waals surface area contributed by atoms with E-state index in [0.29, 0.717) is 17.0 Å². The Labute approximate surface area is 214 Å². The van der Waals surface area contributed by atoms with Gasteiger partial charge in [-0.2, -0.15) is 0 Å². The van der Waals surface area contributed by atoms with Gasteiger partial charge in [-0.1, -0.05) is 73.0 Å². The maximum atomic E-state index is 13.8. The molecular weight excluding hydrogens is 476 g/mol. The van der Waals surface area contributed by atoms with Crippen LogP contribution in [0.4, 0.5) is 5.69 Å². The molecule has 0 spiro atoms. The predicted molar refractivity (Wildman–Crippen MR) is 144 cm³/mol. The zero-order chi connectivity index (χ0) is 24.3. The molecule has 0 aromatic heterocycles. The summed E-state index contributed by atoms with van der Waals surface area (Å²) in [6.45, 7) is 1.83. The molecule has 2 aliphatic rings. The van der Waals surface area contributed by atoms with Crippen molar-refractivity contribution in [1.82, 2.24) is 4.90 Å². The lowest BCUT2D eigenvalue weighted by atomic mass is 9.78. The van der Waals surface area contributed by atoms with Gasteiger partial charge >= 0.3 is 0 Å². The Morgan fingerprint density at radius 3 is 2.00 bits per heavy atom. The van der Waals surface area contributed by atoms with Gasteiger partial charge in [0.2, 0.25) is 0 Å². The molecule has 3 aromatic rings. The second kappa shape index (κ2) is 10.7. The number of rotatable bonds is 6. The third-order valence-electron chi connectivity index (χ3n) is 7.64. The van der Waals surface area contributed by atoms with E-state index in [2.05, 4.69) is 35.2 Å². The van der Waals surface area contributed by atoms with Crippen molar-refractivity contribution >= 4 is 27.3 Å². The summed E-state index contributed by atoms with van der Waals surface area (Å²) in [7, 11) is -3.71. The highest BCUT2D eigenvalue weighted by Gasteiger charge is 2.38. The fourth-order valence-electron chi connectivity index (χ4n) is 5.93. The summed E-state index contributed by atoms with van der Waals surface area (Å²) < 4.78 is 29.3. The van der Waals surface area contributed by atoms with Crippen molar-refractivity contribution in [3.8, 4) is 0 Å². The summed E-state index contributed by atoms with van der Waals surface area (Å²) in [5.74, 6) is 0.560. The Kier molecular flexibility index (Phi) is 7.47. The SMILES string of the molecule is O=S(=O)(c1ccc(Cl)cc1)N(c1ccccc1)C1CCN(C2CCCCC2c2ccccc2)CC1. The van der Waals surface area contributed by atoms with Crippen LogP contribution in [0.3, 0.4) is 0 Å². The Hall–Kier alpha value is -2.34. The second-order valence-electron chi connectivity index (χ2n) is 9.73. The molecule has 1 heterocycles. The number of hydrogen-bond acceptors (Lipinski definition) is 3. The van der Waals surface area contributed by atoms with Gasteiger partial charge in [-0.05, 0) is 73.6 Å². The van der Waals surface area contributed by atoms with Gasteiger partial charge in [0.05, 0.1) is 10.6 Å². The van der Waals surface area contributed by atoms with Crippen LogP contribution < -0.4 is 4.31 Å². The van der Waals surface area contributed by atoms with E-state index in [-0.39, 0.29) is 10.9 Å². The van der Waals surface area contributed by atoms with E-state index in [4.69, 9.17) is 11.6 Å². The third kappa shape index (κ3) is 5.28. The largest absolute Gasteiger partial charge is 0.300 e. The van der Waals surface area contributed by atoms with Crippen molar-refractivity contribution in [2.24, 2.45) is 0 Å². The lowest BCUT2D eigenvalue weighted by Crippen LogP contribution is -2.51. The molecule has 0 bridgehead atoms. The van der Waals surface area contributed by atoms with Gasteiger partial charge in [-0.3, -0.25) is 9.21 Å². The Morgan fingerprint density at radius 1 is 0.743 bits per heavy atom. The van der Waals surface area contributed by atoms with Gasteiger partial charge in [-0.15, -0.1) is 0 Å². The van der Waals surface area contributed by atoms with Crippen LogP contribution in [0.1, 0.15) is 50.0 Å². The number of halogens is 1. The monoisotopic (exact) mass is 508 g/mol. The second-order valence-corrected chi connectivity index (χ2v) is 12.0. The first-order valence-corrected chi connectivity index (χ1v) is 14.5. The Morgan fingerprint density at radius 2 is 1.34 bits per heavy atom. The molecule has 35 heavy (non-hydrogen) atoms. The molecule has 6 heteroatoms. The van der Waals surface area contributed by atoms with Crippen LogP contribution >= 0.6 is 11.6 Å². The average molecular weight is 509 g/mol. The van der Waals surface area contributed by atoms with Crippen LogP contribution in [0.15, 0.2) is 89.8 Å². The smallest absolute Gasteiger partial charge is 0.264 e. The topological polar surface area (TPSA) is 40.6 Å². The van der Waals surface area contributed by atoms with Gasteiger partial charge in [0.15, 0.2) is 0 Å². The predicted octanol–water partition coefficient (Wildman–Crippen LogP) is 6.73. The number of sulfonamides is 1. The van der Waals surface area contributed by atoms with Crippen LogP contribution in [-0.4, -0.2) is 38.5 Å². The molecule has 1 aliphatic heterocycles. The first-order chi connectivity index (χ1) is 17.0. The molecule has 0 N–H and O–H groups in total. The zero-order valence-corrected chi connectivity index (χ0v) is 21.5. The van der Waals surface area contributed by atoms with Crippen LogP contribution in [0.2, 0.25) is 5.02 Å². The van der Waals surface area contributed by atoms with Crippen molar-refractivity contribution in [1.29, 1.82) is 0 Å². The molecular formula is C29H33ClN2O2S. The summed E-state index contributed by atoms with van der Waals surface area (Å²) >= 11 is 6.04. The quantitative estimate of drug-likeness (QED) is 0.371. The molecule has 184 valence electrons. The van der Waals surface area contributed by atoms with Crippen molar-refractivity contribution in [2.75, 3.05) is 17.4 Å². The third-order valence-corrected chi connectivity index (χ3v) is 9.78. The van der Waals surface area contributed by atoms with Crippen molar-refractivity contribution < 1.29 is 8.42 Å². The van der Waals surface area contributed by atoms with E-state index in [0.717, 1.165) is 31.6 Å². The maximum Gasteiger partial charge on any atom is 0.264 e. The number of anilines is 1. The number of benzene rings is 3. The molecule has 5 rings (SSSR count). The summed E-state index contributed by atoms with van der Waals surface area (Å²) in [5, 5.41) is 0.531.